The molecule has 0 rings (SSSR count). The fraction of sp³-hybridized carbons (Fsp3) is 0.643. The molecule has 0 aromatic rings. The first-order valence-electron chi connectivity index (χ1n) is 7.59. The molecule has 0 aromatic heterocycles. The zero-order chi connectivity index (χ0) is 18.8. The van der Waals surface area contributed by atoms with Gasteiger partial charge in [0.15, 0.2) is 0 Å². The third-order valence-corrected chi connectivity index (χ3v) is 2.94. The van der Waals surface area contributed by atoms with E-state index in [0.717, 1.165) is 0 Å². The van der Waals surface area contributed by atoms with Crippen LogP contribution in [0.25, 0.3) is 0 Å². The van der Waals surface area contributed by atoms with Gasteiger partial charge >= 0.3 is 0 Å². The van der Waals surface area contributed by atoms with E-state index in [2.05, 4.69) is 21.5 Å². The van der Waals surface area contributed by atoms with E-state index in [4.69, 9.17) is 0 Å². The van der Waals surface area contributed by atoms with Gasteiger partial charge < -0.3 is 10.6 Å². The number of carbonyl (C=O) groups is 5. The Morgan fingerprint density at radius 3 is 2.12 bits per heavy atom. The fourth-order valence-corrected chi connectivity index (χ4v) is 1.80. The molecule has 0 bridgehead atoms. The molecule has 0 aliphatic heterocycles. The lowest BCUT2D eigenvalue weighted by Crippen LogP contribution is -2.68. The monoisotopic (exact) mass is 343 g/mol. The number of nitrogens with one attached hydrogen (secondary N) is 4. The molecule has 0 aliphatic carbocycles. The molecule has 0 heterocycles. The number of hydrazine groups is 2. The summed E-state index contributed by atoms with van der Waals surface area (Å²) in [7, 11) is 0. The summed E-state index contributed by atoms with van der Waals surface area (Å²) in [4.78, 5) is 58.0. The molecule has 10 heteroatoms. The van der Waals surface area contributed by atoms with Gasteiger partial charge in [0.1, 0.15) is 5.54 Å². The van der Waals surface area contributed by atoms with Gasteiger partial charge in [0, 0.05) is 26.3 Å². The first-order valence-corrected chi connectivity index (χ1v) is 7.59. The molecule has 0 aromatic carbocycles. The zero-order valence-corrected chi connectivity index (χ0v) is 14.4. The van der Waals surface area contributed by atoms with Gasteiger partial charge in [-0.05, 0) is 13.3 Å². The summed E-state index contributed by atoms with van der Waals surface area (Å²) in [6.07, 6.45) is 1.15. The number of rotatable bonds is 8. The van der Waals surface area contributed by atoms with E-state index in [0.29, 0.717) is 17.9 Å². The van der Waals surface area contributed by atoms with Gasteiger partial charge in [-0.3, -0.25) is 24.0 Å². The van der Waals surface area contributed by atoms with Crippen LogP contribution >= 0.6 is 0 Å². The Hall–Kier alpha value is -2.65. The van der Waals surface area contributed by atoms with Gasteiger partial charge in [0.05, 0.1) is 0 Å². The van der Waals surface area contributed by atoms with Gasteiger partial charge in [-0.2, -0.15) is 5.12 Å². The first kappa shape index (κ1) is 21.4. The lowest BCUT2D eigenvalue weighted by atomic mass is 10.0. The van der Waals surface area contributed by atoms with Crippen molar-refractivity contribution < 1.29 is 24.0 Å². The Kier molecular flexibility index (Phi) is 9.06. The van der Waals surface area contributed by atoms with Crippen LogP contribution in [-0.2, 0) is 24.0 Å². The second-order valence-corrected chi connectivity index (χ2v) is 5.33. The number of nitrogens with zero attached hydrogens (tertiary/aromatic N) is 1. The average Bonchev–Trinajstić information content (AvgIpc) is 2.50. The largest absolute Gasteiger partial charge is 0.356 e. The highest BCUT2D eigenvalue weighted by molar-refractivity contribution is 5.93. The van der Waals surface area contributed by atoms with Gasteiger partial charge in [-0.25, -0.2) is 10.9 Å². The van der Waals surface area contributed by atoms with Crippen molar-refractivity contribution in [1.29, 1.82) is 0 Å². The molecule has 136 valence electrons. The highest BCUT2D eigenvalue weighted by Crippen LogP contribution is 2.07. The molecule has 0 saturated heterocycles. The summed E-state index contributed by atoms with van der Waals surface area (Å²) >= 11 is 0. The molecule has 0 radical (unpaired) electrons. The third-order valence-electron chi connectivity index (χ3n) is 2.94. The molecule has 0 fully saturated rings. The van der Waals surface area contributed by atoms with Crippen molar-refractivity contribution in [2.75, 3.05) is 6.54 Å². The second-order valence-electron chi connectivity index (χ2n) is 5.33. The minimum absolute atomic E-state index is 0.0802. The van der Waals surface area contributed by atoms with Gasteiger partial charge in [0.2, 0.25) is 24.1 Å². The third kappa shape index (κ3) is 7.07. The topological polar surface area (TPSA) is 137 Å². The SMILES string of the molecule is CCCC(=O)NN(NC(=O)CC)C(=O)C(C)(CNC=O)NC(C)=O. The average molecular weight is 343 g/mol. The van der Waals surface area contributed by atoms with E-state index >= 15 is 0 Å². The lowest BCUT2D eigenvalue weighted by Gasteiger charge is -2.34. The van der Waals surface area contributed by atoms with Crippen molar-refractivity contribution in [3.05, 3.63) is 0 Å². The maximum atomic E-state index is 12.7. The van der Waals surface area contributed by atoms with Crippen LogP contribution in [0.5, 0.6) is 0 Å². The number of amides is 5. The molecule has 0 saturated carbocycles. The molecule has 5 amide bonds. The quantitative estimate of drug-likeness (QED) is 0.322. The Morgan fingerprint density at radius 1 is 1.08 bits per heavy atom. The molecule has 1 unspecified atom stereocenters. The number of carbonyl (C=O) groups excluding carboxylic acids is 5. The van der Waals surface area contributed by atoms with Crippen LogP contribution in [0.2, 0.25) is 0 Å². The van der Waals surface area contributed by atoms with Gasteiger partial charge in [-0.1, -0.05) is 13.8 Å². The maximum absolute atomic E-state index is 12.7. The van der Waals surface area contributed by atoms with E-state index in [-0.39, 0.29) is 19.4 Å². The van der Waals surface area contributed by atoms with Crippen molar-refractivity contribution in [3.63, 3.8) is 0 Å². The van der Waals surface area contributed by atoms with Crippen LogP contribution < -0.4 is 21.5 Å². The van der Waals surface area contributed by atoms with E-state index in [1.54, 1.807) is 13.8 Å². The normalized spacial score (nSPS) is 12.3. The molecular formula is C14H25N5O5. The molecule has 0 spiro atoms. The zero-order valence-electron chi connectivity index (χ0n) is 14.4. The predicted octanol–water partition coefficient (Wildman–Crippen LogP) is -1.27. The molecular weight excluding hydrogens is 318 g/mol. The molecule has 4 N–H and O–H groups in total. The van der Waals surface area contributed by atoms with Gasteiger partial charge in [-0.15, -0.1) is 0 Å². The van der Waals surface area contributed by atoms with Gasteiger partial charge in [0.25, 0.3) is 5.91 Å². The minimum atomic E-state index is -1.56. The first-order chi connectivity index (χ1) is 11.2. The van der Waals surface area contributed by atoms with E-state index < -0.39 is 29.2 Å². The van der Waals surface area contributed by atoms with Crippen molar-refractivity contribution in [3.8, 4) is 0 Å². The van der Waals surface area contributed by atoms with Crippen molar-refractivity contribution in [2.45, 2.75) is 52.5 Å². The smallest absolute Gasteiger partial charge is 0.287 e. The minimum Gasteiger partial charge on any atom is -0.356 e. The summed E-state index contributed by atoms with van der Waals surface area (Å²) in [6, 6.07) is 0. The summed E-state index contributed by atoms with van der Waals surface area (Å²) in [5, 5.41) is 5.37. The van der Waals surface area contributed by atoms with Crippen molar-refractivity contribution >= 4 is 30.0 Å². The lowest BCUT2D eigenvalue weighted by molar-refractivity contribution is -0.155. The summed E-state index contributed by atoms with van der Waals surface area (Å²) in [5.74, 6) is -2.30. The van der Waals surface area contributed by atoms with Crippen LogP contribution in [0.4, 0.5) is 0 Å². The van der Waals surface area contributed by atoms with Crippen LogP contribution in [0.1, 0.15) is 47.0 Å². The standard InChI is InChI=1S/C14H25N5O5/c1-5-7-12(23)18-19(17-11(22)6-2)13(24)14(4,8-15-9-20)16-10(3)21/h9H,5-8H2,1-4H3,(H,15,20)(H,16,21)(H,17,22)(H,18,23). The predicted molar refractivity (Wildman–Crippen MR) is 84.6 cm³/mol. The van der Waals surface area contributed by atoms with Crippen molar-refractivity contribution in [1.82, 2.24) is 26.6 Å². The Morgan fingerprint density at radius 2 is 1.67 bits per heavy atom. The van der Waals surface area contributed by atoms with Crippen LogP contribution in [0.3, 0.4) is 0 Å². The van der Waals surface area contributed by atoms with E-state index in [1.807, 2.05) is 0 Å². The molecule has 24 heavy (non-hydrogen) atoms. The molecule has 0 aliphatic rings. The molecule has 10 nitrogen and oxygen atoms in total. The summed E-state index contributed by atoms with van der Waals surface area (Å²) < 4.78 is 0. The highest BCUT2D eigenvalue weighted by atomic mass is 16.2. The van der Waals surface area contributed by atoms with E-state index in [9.17, 15) is 24.0 Å². The Bertz CT molecular complexity index is 496. The number of hydrogen-bond donors (Lipinski definition) is 4. The summed E-state index contributed by atoms with van der Waals surface area (Å²) in [6.45, 7) is 5.71. The summed E-state index contributed by atoms with van der Waals surface area (Å²) in [5.41, 5.74) is 2.98. The maximum Gasteiger partial charge on any atom is 0.287 e. The second kappa shape index (κ2) is 10.2. The van der Waals surface area contributed by atoms with E-state index in [1.165, 1.54) is 13.8 Å². The fourth-order valence-electron chi connectivity index (χ4n) is 1.80. The van der Waals surface area contributed by atoms with Crippen LogP contribution in [0, 0.1) is 0 Å². The Balaban J connectivity index is 5.44. The van der Waals surface area contributed by atoms with Crippen LogP contribution in [-0.4, -0.2) is 47.2 Å². The highest BCUT2D eigenvalue weighted by Gasteiger charge is 2.39. The number of hydrogen-bond acceptors (Lipinski definition) is 5. The Labute approximate surface area is 140 Å². The molecule has 1 atom stereocenters. The van der Waals surface area contributed by atoms with Crippen molar-refractivity contribution in [2.24, 2.45) is 0 Å². The van der Waals surface area contributed by atoms with Crippen LogP contribution in [0.15, 0.2) is 0 Å².